The van der Waals surface area contributed by atoms with E-state index in [-0.39, 0.29) is 11.9 Å². The summed E-state index contributed by atoms with van der Waals surface area (Å²) in [5.41, 5.74) is 8.40. The molecule has 0 saturated heterocycles. The number of carbonyl (C=O) groups excluding carboxylic acids is 1. The molecule has 1 amide bonds. The van der Waals surface area contributed by atoms with Gasteiger partial charge < -0.3 is 15.6 Å². The summed E-state index contributed by atoms with van der Waals surface area (Å²) < 4.78 is 0. The van der Waals surface area contributed by atoms with Gasteiger partial charge >= 0.3 is 0 Å². The Morgan fingerprint density at radius 2 is 2.16 bits per heavy atom. The molecule has 3 aromatic rings. The molecule has 128 valence electrons. The fourth-order valence-corrected chi connectivity index (χ4v) is 2.83. The van der Waals surface area contributed by atoms with Crippen LogP contribution in [-0.2, 0) is 4.79 Å². The van der Waals surface area contributed by atoms with Crippen LogP contribution < -0.4 is 5.73 Å². The molecule has 0 radical (unpaired) electrons. The Labute approximate surface area is 151 Å². The zero-order valence-electron chi connectivity index (χ0n) is 14.0. The van der Waals surface area contributed by atoms with E-state index in [0.717, 1.165) is 22.0 Å². The number of anilines is 1. The van der Waals surface area contributed by atoms with Gasteiger partial charge in [0.15, 0.2) is 0 Å². The molecule has 5 nitrogen and oxygen atoms in total. The van der Waals surface area contributed by atoms with E-state index in [0.29, 0.717) is 10.8 Å². The molecule has 0 bridgehead atoms. The van der Waals surface area contributed by atoms with Crippen molar-refractivity contribution in [2.75, 3.05) is 12.8 Å². The van der Waals surface area contributed by atoms with Gasteiger partial charge in [-0.2, -0.15) is 0 Å². The summed E-state index contributed by atoms with van der Waals surface area (Å²) >= 11 is 6.10. The minimum atomic E-state index is -0.103. The average Bonchev–Trinajstić information content (AvgIpc) is 3.02. The van der Waals surface area contributed by atoms with Crippen molar-refractivity contribution < 1.29 is 4.79 Å². The number of nitrogen functional groups attached to an aromatic ring is 1. The Bertz CT molecular complexity index is 930. The van der Waals surface area contributed by atoms with Crippen LogP contribution in [0, 0.1) is 0 Å². The van der Waals surface area contributed by atoms with Gasteiger partial charge in [-0.05, 0) is 54.5 Å². The van der Waals surface area contributed by atoms with Crippen molar-refractivity contribution in [1.82, 2.24) is 14.9 Å². The zero-order chi connectivity index (χ0) is 18.0. The maximum Gasteiger partial charge on any atom is 0.246 e. The number of nitrogens with zero attached hydrogens (tertiary/aromatic N) is 2. The molecule has 2 aromatic heterocycles. The summed E-state index contributed by atoms with van der Waals surface area (Å²) in [6.07, 6.45) is 6.81. The predicted molar refractivity (Wildman–Crippen MR) is 102 cm³/mol. The number of nitrogens with two attached hydrogens (primary N) is 1. The van der Waals surface area contributed by atoms with Crippen molar-refractivity contribution in [3.8, 4) is 0 Å². The Balaban J connectivity index is 1.78. The Morgan fingerprint density at radius 3 is 2.88 bits per heavy atom. The second kappa shape index (κ2) is 6.99. The molecular weight excluding hydrogens is 336 g/mol. The number of halogens is 1. The number of rotatable bonds is 4. The van der Waals surface area contributed by atoms with Gasteiger partial charge in [0.2, 0.25) is 5.91 Å². The van der Waals surface area contributed by atoms with E-state index in [2.05, 4.69) is 9.97 Å². The molecule has 1 atom stereocenters. The van der Waals surface area contributed by atoms with E-state index < -0.39 is 0 Å². The smallest absolute Gasteiger partial charge is 0.246 e. The first kappa shape index (κ1) is 17.0. The maximum absolute atomic E-state index is 12.5. The van der Waals surface area contributed by atoms with Crippen molar-refractivity contribution in [2.45, 2.75) is 13.0 Å². The van der Waals surface area contributed by atoms with E-state index in [1.165, 1.54) is 6.08 Å². The highest BCUT2D eigenvalue weighted by atomic mass is 35.5. The van der Waals surface area contributed by atoms with Gasteiger partial charge in [-0.15, -0.1) is 0 Å². The molecule has 1 aromatic carbocycles. The number of aromatic amines is 1. The Hall–Kier alpha value is -2.79. The van der Waals surface area contributed by atoms with Crippen LogP contribution in [0.3, 0.4) is 0 Å². The molecule has 0 aliphatic heterocycles. The van der Waals surface area contributed by atoms with Crippen molar-refractivity contribution in [3.63, 3.8) is 0 Å². The minimum Gasteiger partial charge on any atom is -0.384 e. The molecule has 0 spiro atoms. The summed E-state index contributed by atoms with van der Waals surface area (Å²) in [6, 6.07) is 9.10. The number of hydrogen-bond acceptors (Lipinski definition) is 3. The number of H-pyrrole nitrogens is 1. The molecule has 2 heterocycles. The van der Waals surface area contributed by atoms with Crippen molar-refractivity contribution >= 4 is 40.3 Å². The number of aromatic nitrogens is 2. The molecule has 0 aliphatic carbocycles. The number of likely N-dealkylation sites (N-methyl/N-ethyl adjacent to an activating group) is 1. The molecule has 3 N–H and O–H groups in total. The molecule has 0 aliphatic rings. The average molecular weight is 355 g/mol. The van der Waals surface area contributed by atoms with Crippen LogP contribution in [-0.4, -0.2) is 27.8 Å². The summed E-state index contributed by atoms with van der Waals surface area (Å²) in [5.74, 6) is 0.355. The number of carbonyl (C=O) groups is 1. The highest BCUT2D eigenvalue weighted by molar-refractivity contribution is 6.31. The second-order valence-corrected chi connectivity index (χ2v) is 6.35. The van der Waals surface area contributed by atoms with Gasteiger partial charge in [0, 0.05) is 41.4 Å². The Kier molecular flexibility index (Phi) is 4.76. The maximum atomic E-state index is 12.5. The summed E-state index contributed by atoms with van der Waals surface area (Å²) in [4.78, 5) is 21.4. The van der Waals surface area contributed by atoms with Crippen molar-refractivity contribution in [2.24, 2.45) is 0 Å². The first-order valence-electron chi connectivity index (χ1n) is 7.88. The SMILES string of the molecule is CC(c1c[nH]c2ccc(Cl)cc12)N(C)C(=O)C=Cc1ccc(N)nc1. The third-order valence-corrected chi connectivity index (χ3v) is 4.52. The molecular formula is C19H19ClN4O. The van der Waals surface area contributed by atoms with Crippen LogP contribution in [0.4, 0.5) is 5.82 Å². The van der Waals surface area contributed by atoms with Gasteiger partial charge in [0.25, 0.3) is 0 Å². The number of amides is 1. The standard InChI is InChI=1S/C19H19ClN4O/c1-12(16-11-22-17-6-5-14(20)9-15(16)17)24(2)19(25)8-4-13-3-7-18(21)23-10-13/h3-12,22H,1-2H3,(H2,21,23). The number of pyridine rings is 1. The van der Waals surface area contributed by atoms with Crippen LogP contribution in [0.25, 0.3) is 17.0 Å². The zero-order valence-corrected chi connectivity index (χ0v) is 14.8. The molecule has 0 saturated carbocycles. The lowest BCUT2D eigenvalue weighted by Gasteiger charge is -2.23. The van der Waals surface area contributed by atoms with E-state index in [1.807, 2.05) is 37.4 Å². The van der Waals surface area contributed by atoms with Crippen LogP contribution >= 0.6 is 11.6 Å². The van der Waals surface area contributed by atoms with E-state index in [4.69, 9.17) is 17.3 Å². The number of fused-ring (bicyclic) bond motifs is 1. The molecule has 0 fully saturated rings. The number of nitrogens with one attached hydrogen (secondary N) is 1. The largest absolute Gasteiger partial charge is 0.384 e. The predicted octanol–water partition coefficient (Wildman–Crippen LogP) is 4.03. The van der Waals surface area contributed by atoms with Crippen molar-refractivity contribution in [3.05, 3.63) is 65.0 Å². The molecule has 6 heteroatoms. The van der Waals surface area contributed by atoms with Crippen LogP contribution in [0.15, 0.2) is 48.8 Å². The molecule has 3 rings (SSSR count). The summed E-state index contributed by atoms with van der Waals surface area (Å²) in [5, 5.41) is 1.69. The lowest BCUT2D eigenvalue weighted by atomic mass is 10.1. The van der Waals surface area contributed by atoms with Crippen LogP contribution in [0.2, 0.25) is 5.02 Å². The van der Waals surface area contributed by atoms with Crippen LogP contribution in [0.5, 0.6) is 0 Å². The number of hydrogen-bond donors (Lipinski definition) is 2. The lowest BCUT2D eigenvalue weighted by Crippen LogP contribution is -2.27. The summed E-state index contributed by atoms with van der Waals surface area (Å²) in [7, 11) is 1.78. The fourth-order valence-electron chi connectivity index (χ4n) is 2.66. The van der Waals surface area contributed by atoms with Gasteiger partial charge in [-0.3, -0.25) is 4.79 Å². The monoisotopic (exact) mass is 354 g/mol. The highest BCUT2D eigenvalue weighted by Gasteiger charge is 2.18. The fraction of sp³-hybridized carbons (Fsp3) is 0.158. The molecule has 1 unspecified atom stereocenters. The highest BCUT2D eigenvalue weighted by Crippen LogP contribution is 2.29. The normalized spacial score (nSPS) is 12.6. The van der Waals surface area contributed by atoms with E-state index in [1.54, 1.807) is 30.3 Å². The lowest BCUT2D eigenvalue weighted by molar-refractivity contribution is -0.126. The topological polar surface area (TPSA) is 75.0 Å². The second-order valence-electron chi connectivity index (χ2n) is 5.91. The van der Waals surface area contributed by atoms with Gasteiger partial charge in [-0.1, -0.05) is 11.6 Å². The van der Waals surface area contributed by atoms with Crippen molar-refractivity contribution in [1.29, 1.82) is 0 Å². The minimum absolute atomic E-state index is 0.0966. The van der Waals surface area contributed by atoms with Gasteiger partial charge in [0.05, 0.1) is 6.04 Å². The summed E-state index contributed by atoms with van der Waals surface area (Å²) in [6.45, 7) is 1.99. The quantitative estimate of drug-likeness (QED) is 0.694. The first-order valence-corrected chi connectivity index (χ1v) is 8.26. The third-order valence-electron chi connectivity index (χ3n) is 4.28. The van der Waals surface area contributed by atoms with Gasteiger partial charge in [0.1, 0.15) is 5.82 Å². The first-order chi connectivity index (χ1) is 12.0. The Morgan fingerprint density at radius 1 is 1.36 bits per heavy atom. The molecule has 25 heavy (non-hydrogen) atoms. The van der Waals surface area contributed by atoms with Crippen LogP contribution in [0.1, 0.15) is 24.1 Å². The van der Waals surface area contributed by atoms with E-state index in [9.17, 15) is 4.79 Å². The number of benzene rings is 1. The third kappa shape index (κ3) is 3.67. The van der Waals surface area contributed by atoms with Gasteiger partial charge in [-0.25, -0.2) is 4.98 Å². The van der Waals surface area contributed by atoms with E-state index >= 15 is 0 Å².